The van der Waals surface area contributed by atoms with Gasteiger partial charge in [-0.1, -0.05) is 19.1 Å². The van der Waals surface area contributed by atoms with Gasteiger partial charge >= 0.3 is 0 Å². The van der Waals surface area contributed by atoms with Crippen LogP contribution in [0.3, 0.4) is 0 Å². The number of carbonyl (C=O) groups is 1. The molecule has 0 atom stereocenters. The van der Waals surface area contributed by atoms with Crippen LogP contribution in [-0.4, -0.2) is 25.5 Å². The largest absolute Gasteiger partial charge is 0.354 e. The van der Waals surface area contributed by atoms with Gasteiger partial charge in [-0.25, -0.2) is 4.39 Å². The highest BCUT2D eigenvalue weighted by atomic mass is 19.1. The number of hydrogen-bond donors (Lipinski definition) is 2. The molecule has 1 aromatic carbocycles. The summed E-state index contributed by atoms with van der Waals surface area (Å²) in [7, 11) is 0. The summed E-state index contributed by atoms with van der Waals surface area (Å²) < 4.78 is 12.9. The zero-order chi connectivity index (χ0) is 14.3. The molecule has 3 nitrogen and oxygen atoms in total. The Balaban J connectivity index is 2.52. The molecule has 1 rings (SSSR count). The summed E-state index contributed by atoms with van der Waals surface area (Å²) in [6, 6.07) is 6.08. The van der Waals surface area contributed by atoms with Gasteiger partial charge < -0.3 is 10.6 Å². The average Bonchev–Trinajstić information content (AvgIpc) is 2.38. The molecule has 0 aromatic heterocycles. The highest BCUT2D eigenvalue weighted by Gasteiger charge is 2.29. The third kappa shape index (κ3) is 4.63. The van der Waals surface area contributed by atoms with Crippen LogP contribution < -0.4 is 10.6 Å². The Morgan fingerprint density at radius 1 is 1.16 bits per heavy atom. The predicted molar refractivity (Wildman–Crippen MR) is 75.6 cm³/mol. The molecule has 0 radical (unpaired) electrons. The third-order valence-corrected chi connectivity index (χ3v) is 3.15. The van der Waals surface area contributed by atoms with Gasteiger partial charge in [-0.15, -0.1) is 0 Å². The minimum Gasteiger partial charge on any atom is -0.354 e. The summed E-state index contributed by atoms with van der Waals surface area (Å²) >= 11 is 0. The summed E-state index contributed by atoms with van der Waals surface area (Å²) in [5.41, 5.74) is 0.159. The molecule has 0 aliphatic heterocycles. The topological polar surface area (TPSA) is 41.1 Å². The normalized spacial score (nSPS) is 11.4. The molecule has 0 bridgehead atoms. The molecule has 0 heterocycles. The van der Waals surface area contributed by atoms with E-state index in [2.05, 4.69) is 17.6 Å². The fourth-order valence-corrected chi connectivity index (χ4v) is 1.78. The number of amides is 1. The van der Waals surface area contributed by atoms with Gasteiger partial charge in [0.2, 0.25) is 5.91 Å². The van der Waals surface area contributed by atoms with Gasteiger partial charge in [-0.3, -0.25) is 4.79 Å². The Bertz CT molecular complexity index is 401. The van der Waals surface area contributed by atoms with Crippen molar-refractivity contribution in [3.05, 3.63) is 35.6 Å². The SMILES string of the molecule is CCCNCCNC(=O)C(C)(C)c1ccc(F)cc1. The Morgan fingerprint density at radius 3 is 2.37 bits per heavy atom. The van der Waals surface area contributed by atoms with Crippen molar-refractivity contribution in [2.45, 2.75) is 32.6 Å². The second-order valence-electron chi connectivity index (χ2n) is 5.14. The van der Waals surface area contributed by atoms with Gasteiger partial charge in [0.15, 0.2) is 0 Å². The van der Waals surface area contributed by atoms with E-state index in [1.807, 2.05) is 13.8 Å². The van der Waals surface area contributed by atoms with E-state index in [0.717, 1.165) is 25.1 Å². The first-order valence-corrected chi connectivity index (χ1v) is 6.73. The molecule has 0 saturated carbocycles. The molecule has 0 unspecified atom stereocenters. The third-order valence-electron chi connectivity index (χ3n) is 3.15. The first-order valence-electron chi connectivity index (χ1n) is 6.73. The van der Waals surface area contributed by atoms with Crippen LogP contribution in [0.5, 0.6) is 0 Å². The molecule has 0 spiro atoms. The fourth-order valence-electron chi connectivity index (χ4n) is 1.78. The second kappa shape index (κ2) is 7.24. The standard InChI is InChI=1S/C15H23FN2O/c1-4-9-17-10-11-18-14(19)15(2,3)12-5-7-13(16)8-6-12/h5-8,17H,4,9-11H2,1-3H3,(H,18,19). The second-order valence-corrected chi connectivity index (χ2v) is 5.14. The van der Waals surface area contributed by atoms with Crippen LogP contribution in [0.25, 0.3) is 0 Å². The zero-order valence-electron chi connectivity index (χ0n) is 11.9. The molecular formula is C15H23FN2O. The Morgan fingerprint density at radius 2 is 1.79 bits per heavy atom. The lowest BCUT2D eigenvalue weighted by Gasteiger charge is -2.24. The van der Waals surface area contributed by atoms with E-state index in [1.165, 1.54) is 12.1 Å². The number of hydrogen-bond acceptors (Lipinski definition) is 2. The molecule has 1 aromatic rings. The van der Waals surface area contributed by atoms with E-state index in [4.69, 9.17) is 0 Å². The summed E-state index contributed by atoms with van der Waals surface area (Å²) in [6.45, 7) is 8.10. The van der Waals surface area contributed by atoms with E-state index < -0.39 is 5.41 Å². The summed E-state index contributed by atoms with van der Waals surface area (Å²) in [6.07, 6.45) is 1.08. The Kier molecular flexibility index (Phi) is 5.96. The van der Waals surface area contributed by atoms with Crippen LogP contribution in [0.2, 0.25) is 0 Å². The smallest absolute Gasteiger partial charge is 0.230 e. The van der Waals surface area contributed by atoms with Gasteiger partial charge in [0, 0.05) is 13.1 Å². The van der Waals surface area contributed by atoms with E-state index in [-0.39, 0.29) is 11.7 Å². The van der Waals surface area contributed by atoms with Crippen LogP contribution >= 0.6 is 0 Å². The van der Waals surface area contributed by atoms with Crippen molar-refractivity contribution in [3.63, 3.8) is 0 Å². The molecule has 0 saturated heterocycles. The van der Waals surface area contributed by atoms with E-state index in [0.29, 0.717) is 6.54 Å². The highest BCUT2D eigenvalue weighted by molar-refractivity contribution is 5.87. The van der Waals surface area contributed by atoms with Crippen molar-refractivity contribution in [2.75, 3.05) is 19.6 Å². The summed E-state index contributed by atoms with van der Waals surface area (Å²) in [4.78, 5) is 12.2. The maximum absolute atomic E-state index is 12.9. The fraction of sp³-hybridized carbons (Fsp3) is 0.533. The Labute approximate surface area is 114 Å². The van der Waals surface area contributed by atoms with E-state index in [9.17, 15) is 9.18 Å². The lowest BCUT2D eigenvalue weighted by Crippen LogP contribution is -2.42. The number of halogens is 1. The first kappa shape index (κ1) is 15.6. The van der Waals surface area contributed by atoms with Gasteiger partial charge in [0.1, 0.15) is 5.82 Å². The monoisotopic (exact) mass is 266 g/mol. The molecular weight excluding hydrogens is 243 g/mol. The van der Waals surface area contributed by atoms with Crippen LogP contribution in [0.4, 0.5) is 4.39 Å². The number of rotatable bonds is 7. The molecule has 0 aliphatic carbocycles. The van der Waals surface area contributed by atoms with Crippen molar-refractivity contribution in [3.8, 4) is 0 Å². The van der Waals surface area contributed by atoms with E-state index in [1.54, 1.807) is 12.1 Å². The highest BCUT2D eigenvalue weighted by Crippen LogP contribution is 2.23. The van der Waals surface area contributed by atoms with Gasteiger partial charge in [-0.2, -0.15) is 0 Å². The van der Waals surface area contributed by atoms with Crippen molar-refractivity contribution >= 4 is 5.91 Å². The summed E-state index contributed by atoms with van der Waals surface area (Å²) in [5, 5.41) is 6.12. The van der Waals surface area contributed by atoms with Crippen molar-refractivity contribution in [1.82, 2.24) is 10.6 Å². The van der Waals surface area contributed by atoms with Crippen LogP contribution in [0.15, 0.2) is 24.3 Å². The maximum atomic E-state index is 12.9. The molecule has 106 valence electrons. The number of carbonyl (C=O) groups excluding carboxylic acids is 1. The number of nitrogens with one attached hydrogen (secondary N) is 2. The van der Waals surface area contributed by atoms with Gasteiger partial charge in [0.05, 0.1) is 5.41 Å². The minimum atomic E-state index is -0.654. The van der Waals surface area contributed by atoms with Crippen molar-refractivity contribution < 1.29 is 9.18 Å². The van der Waals surface area contributed by atoms with Gasteiger partial charge in [-0.05, 0) is 44.5 Å². The van der Waals surface area contributed by atoms with Gasteiger partial charge in [0.25, 0.3) is 0 Å². The predicted octanol–water partition coefficient (Wildman–Crippen LogP) is 2.22. The van der Waals surface area contributed by atoms with Crippen molar-refractivity contribution in [1.29, 1.82) is 0 Å². The van der Waals surface area contributed by atoms with Crippen molar-refractivity contribution in [2.24, 2.45) is 0 Å². The molecule has 0 fully saturated rings. The maximum Gasteiger partial charge on any atom is 0.230 e. The lowest BCUT2D eigenvalue weighted by atomic mass is 9.84. The zero-order valence-corrected chi connectivity index (χ0v) is 11.9. The molecule has 2 N–H and O–H groups in total. The number of benzene rings is 1. The Hall–Kier alpha value is -1.42. The van der Waals surface area contributed by atoms with E-state index >= 15 is 0 Å². The molecule has 19 heavy (non-hydrogen) atoms. The first-order chi connectivity index (χ1) is 8.98. The van der Waals surface area contributed by atoms with Crippen LogP contribution in [-0.2, 0) is 10.2 Å². The van der Waals surface area contributed by atoms with Crippen LogP contribution in [0.1, 0.15) is 32.8 Å². The molecule has 0 aliphatic rings. The minimum absolute atomic E-state index is 0.0441. The quantitative estimate of drug-likeness (QED) is 0.743. The lowest BCUT2D eigenvalue weighted by molar-refractivity contribution is -0.125. The summed E-state index contributed by atoms with van der Waals surface area (Å²) in [5.74, 6) is -0.332. The average molecular weight is 266 g/mol. The van der Waals surface area contributed by atoms with Crippen LogP contribution in [0, 0.1) is 5.82 Å². The molecule has 1 amide bonds. The molecule has 4 heteroatoms.